The Hall–Kier alpha value is -2.47. The third-order valence-corrected chi connectivity index (χ3v) is 4.85. The van der Waals surface area contributed by atoms with E-state index in [9.17, 15) is 12.8 Å². The Morgan fingerprint density at radius 3 is 2.52 bits per heavy atom. The predicted molar refractivity (Wildman–Crippen MR) is 78.0 cm³/mol. The van der Waals surface area contributed by atoms with E-state index in [1.165, 1.54) is 30.5 Å². The molecule has 0 aliphatic heterocycles. The minimum Gasteiger partial charge on any atom is -0.397 e. The number of nitrogens with two attached hydrogens (primary N) is 1. The SMILES string of the molecule is Nc1cccc2cc(S(=O)(=O)c3cccc(F)c3)cnc12. The van der Waals surface area contributed by atoms with Crippen molar-refractivity contribution in [3.05, 3.63) is 60.5 Å². The van der Waals surface area contributed by atoms with Gasteiger partial charge >= 0.3 is 0 Å². The van der Waals surface area contributed by atoms with Crippen LogP contribution in [0, 0.1) is 5.82 Å². The van der Waals surface area contributed by atoms with E-state index in [0.717, 1.165) is 6.07 Å². The molecule has 1 heterocycles. The van der Waals surface area contributed by atoms with Crippen LogP contribution in [-0.4, -0.2) is 13.4 Å². The van der Waals surface area contributed by atoms with Gasteiger partial charge in [0.05, 0.1) is 21.0 Å². The van der Waals surface area contributed by atoms with Crippen molar-refractivity contribution in [1.29, 1.82) is 0 Å². The molecule has 0 saturated heterocycles. The molecule has 0 amide bonds. The molecule has 0 radical (unpaired) electrons. The number of anilines is 1. The van der Waals surface area contributed by atoms with E-state index >= 15 is 0 Å². The standard InChI is InChI=1S/C15H11FN2O2S/c16-11-4-2-5-12(8-11)21(19,20)13-7-10-3-1-6-14(17)15(10)18-9-13/h1-9H,17H2. The van der Waals surface area contributed by atoms with E-state index in [1.54, 1.807) is 18.2 Å². The third-order valence-electron chi connectivity index (χ3n) is 3.13. The van der Waals surface area contributed by atoms with Gasteiger partial charge in [0.2, 0.25) is 9.84 Å². The molecule has 106 valence electrons. The van der Waals surface area contributed by atoms with Gasteiger partial charge in [0.25, 0.3) is 0 Å². The summed E-state index contributed by atoms with van der Waals surface area (Å²) in [6, 6.07) is 11.5. The number of hydrogen-bond acceptors (Lipinski definition) is 4. The fourth-order valence-electron chi connectivity index (χ4n) is 2.08. The average Bonchev–Trinajstić information content (AvgIpc) is 2.47. The number of pyridine rings is 1. The second-order valence-electron chi connectivity index (χ2n) is 4.55. The molecule has 21 heavy (non-hydrogen) atoms. The second-order valence-corrected chi connectivity index (χ2v) is 6.50. The fraction of sp³-hybridized carbons (Fsp3) is 0. The number of fused-ring (bicyclic) bond motifs is 1. The average molecular weight is 302 g/mol. The van der Waals surface area contributed by atoms with Crippen molar-refractivity contribution < 1.29 is 12.8 Å². The Morgan fingerprint density at radius 1 is 1.00 bits per heavy atom. The molecule has 6 heteroatoms. The smallest absolute Gasteiger partial charge is 0.208 e. The van der Waals surface area contributed by atoms with E-state index in [1.807, 2.05) is 0 Å². The van der Waals surface area contributed by atoms with Crippen molar-refractivity contribution in [2.45, 2.75) is 9.79 Å². The molecular weight excluding hydrogens is 291 g/mol. The normalized spacial score (nSPS) is 11.7. The van der Waals surface area contributed by atoms with E-state index in [4.69, 9.17) is 5.73 Å². The molecule has 2 N–H and O–H groups in total. The maximum atomic E-state index is 13.2. The third kappa shape index (κ3) is 2.34. The van der Waals surface area contributed by atoms with Crippen LogP contribution in [0.1, 0.15) is 0 Å². The zero-order valence-electron chi connectivity index (χ0n) is 10.8. The van der Waals surface area contributed by atoms with Gasteiger partial charge in [-0.3, -0.25) is 4.98 Å². The number of aromatic nitrogens is 1. The lowest BCUT2D eigenvalue weighted by molar-refractivity contribution is 0.590. The van der Waals surface area contributed by atoms with Crippen LogP contribution in [-0.2, 0) is 9.84 Å². The summed E-state index contributed by atoms with van der Waals surface area (Å²) in [5, 5.41) is 0.618. The van der Waals surface area contributed by atoms with Crippen molar-refractivity contribution in [2.24, 2.45) is 0 Å². The zero-order chi connectivity index (χ0) is 15.0. The maximum absolute atomic E-state index is 13.2. The number of halogens is 1. The van der Waals surface area contributed by atoms with Gasteiger partial charge in [-0.25, -0.2) is 12.8 Å². The summed E-state index contributed by atoms with van der Waals surface area (Å²) in [6.07, 6.45) is 1.24. The lowest BCUT2D eigenvalue weighted by atomic mass is 10.2. The topological polar surface area (TPSA) is 73.1 Å². The molecule has 3 rings (SSSR count). The number of nitrogen functional groups attached to an aromatic ring is 1. The summed E-state index contributed by atoms with van der Waals surface area (Å²) in [5.41, 5.74) is 6.80. The summed E-state index contributed by atoms with van der Waals surface area (Å²) >= 11 is 0. The molecule has 4 nitrogen and oxygen atoms in total. The number of para-hydroxylation sites is 1. The highest BCUT2D eigenvalue weighted by Gasteiger charge is 2.19. The monoisotopic (exact) mass is 302 g/mol. The first-order valence-electron chi connectivity index (χ1n) is 6.13. The van der Waals surface area contributed by atoms with Gasteiger partial charge in [-0.2, -0.15) is 0 Å². The summed E-state index contributed by atoms with van der Waals surface area (Å²) in [6.45, 7) is 0. The largest absolute Gasteiger partial charge is 0.397 e. The van der Waals surface area contributed by atoms with Crippen molar-refractivity contribution >= 4 is 26.4 Å². The van der Waals surface area contributed by atoms with Gasteiger partial charge in [-0.1, -0.05) is 18.2 Å². The van der Waals surface area contributed by atoms with Crippen LogP contribution in [0.5, 0.6) is 0 Å². The molecule has 0 fully saturated rings. The summed E-state index contributed by atoms with van der Waals surface area (Å²) < 4.78 is 38.2. The van der Waals surface area contributed by atoms with Crippen LogP contribution in [0.2, 0.25) is 0 Å². The number of hydrogen-bond donors (Lipinski definition) is 1. The van der Waals surface area contributed by atoms with Crippen LogP contribution in [0.25, 0.3) is 10.9 Å². The molecule has 0 atom stereocenters. The minimum atomic E-state index is -3.81. The lowest BCUT2D eigenvalue weighted by Gasteiger charge is -2.06. The van der Waals surface area contributed by atoms with Gasteiger partial charge in [-0.05, 0) is 30.3 Å². The first-order valence-corrected chi connectivity index (χ1v) is 7.62. The number of nitrogens with zero attached hydrogens (tertiary/aromatic N) is 1. The summed E-state index contributed by atoms with van der Waals surface area (Å²) in [5.74, 6) is -0.603. The number of rotatable bonds is 2. The first-order chi connectivity index (χ1) is 9.98. The van der Waals surface area contributed by atoms with E-state index < -0.39 is 15.7 Å². The Morgan fingerprint density at radius 2 is 1.76 bits per heavy atom. The van der Waals surface area contributed by atoms with Crippen molar-refractivity contribution in [2.75, 3.05) is 5.73 Å². The summed E-state index contributed by atoms with van der Waals surface area (Å²) in [7, 11) is -3.81. The molecule has 0 spiro atoms. The lowest BCUT2D eigenvalue weighted by Crippen LogP contribution is -2.03. The minimum absolute atomic E-state index is 0.00574. The molecule has 3 aromatic rings. The van der Waals surface area contributed by atoms with Gasteiger partial charge in [-0.15, -0.1) is 0 Å². The molecule has 0 unspecified atom stereocenters. The maximum Gasteiger partial charge on any atom is 0.208 e. The van der Waals surface area contributed by atoms with Crippen LogP contribution in [0.4, 0.5) is 10.1 Å². The quantitative estimate of drug-likeness (QED) is 0.739. The highest BCUT2D eigenvalue weighted by molar-refractivity contribution is 7.91. The van der Waals surface area contributed by atoms with Gasteiger partial charge in [0.1, 0.15) is 5.82 Å². The molecular formula is C15H11FN2O2S. The second kappa shape index (κ2) is 4.82. The van der Waals surface area contributed by atoms with E-state index in [2.05, 4.69) is 4.98 Å². The first kappa shape index (κ1) is 13.5. The Kier molecular flexibility index (Phi) is 3.10. The predicted octanol–water partition coefficient (Wildman–Crippen LogP) is 2.79. The fourth-order valence-corrected chi connectivity index (χ4v) is 3.35. The van der Waals surface area contributed by atoms with Crippen molar-refractivity contribution in [3.63, 3.8) is 0 Å². The van der Waals surface area contributed by atoms with Gasteiger partial charge in [0.15, 0.2) is 0 Å². The van der Waals surface area contributed by atoms with Crippen LogP contribution < -0.4 is 5.73 Å². The molecule has 0 aliphatic carbocycles. The van der Waals surface area contributed by atoms with Crippen LogP contribution in [0.3, 0.4) is 0 Å². The van der Waals surface area contributed by atoms with Crippen molar-refractivity contribution in [1.82, 2.24) is 4.98 Å². The highest BCUT2D eigenvalue weighted by Crippen LogP contribution is 2.25. The number of sulfone groups is 1. The van der Waals surface area contributed by atoms with E-state index in [-0.39, 0.29) is 9.79 Å². The molecule has 1 aromatic heterocycles. The Labute approximate surface area is 121 Å². The molecule has 0 aliphatic rings. The van der Waals surface area contributed by atoms with Gasteiger partial charge < -0.3 is 5.73 Å². The van der Waals surface area contributed by atoms with E-state index in [0.29, 0.717) is 16.6 Å². The van der Waals surface area contributed by atoms with Crippen molar-refractivity contribution in [3.8, 4) is 0 Å². The Balaban J connectivity index is 2.20. The molecule has 2 aromatic carbocycles. The van der Waals surface area contributed by atoms with Crippen LogP contribution in [0.15, 0.2) is 64.5 Å². The van der Waals surface area contributed by atoms with Gasteiger partial charge in [0, 0.05) is 11.6 Å². The Bertz CT molecular complexity index is 939. The number of benzene rings is 2. The highest BCUT2D eigenvalue weighted by atomic mass is 32.2. The summed E-state index contributed by atoms with van der Waals surface area (Å²) in [4.78, 5) is 4.00. The molecule has 0 saturated carbocycles. The zero-order valence-corrected chi connectivity index (χ0v) is 11.6. The molecule has 0 bridgehead atoms. The van der Waals surface area contributed by atoms with Crippen LogP contribution >= 0.6 is 0 Å².